The van der Waals surface area contributed by atoms with Gasteiger partial charge in [0, 0.05) is 25.1 Å². The van der Waals surface area contributed by atoms with E-state index in [0.29, 0.717) is 0 Å². The number of rotatable bonds is 4. The van der Waals surface area contributed by atoms with Crippen LogP contribution in [0.5, 0.6) is 11.5 Å². The van der Waals surface area contributed by atoms with Gasteiger partial charge in [-0.2, -0.15) is 0 Å². The van der Waals surface area contributed by atoms with E-state index in [1.54, 1.807) is 14.2 Å². The van der Waals surface area contributed by atoms with E-state index in [-0.39, 0.29) is 12.3 Å². The lowest BCUT2D eigenvalue weighted by molar-refractivity contribution is -0.137. The molecule has 1 atom stereocenters. The van der Waals surface area contributed by atoms with Crippen LogP contribution in [0.15, 0.2) is 12.1 Å². The van der Waals surface area contributed by atoms with Crippen molar-refractivity contribution in [3.05, 3.63) is 17.7 Å². The highest BCUT2D eigenvalue weighted by atomic mass is 16.5. The first-order valence-electron chi connectivity index (χ1n) is 6.26. The van der Waals surface area contributed by atoms with E-state index in [1.165, 1.54) is 0 Å². The average molecular weight is 265 g/mol. The van der Waals surface area contributed by atoms with E-state index in [2.05, 4.69) is 4.90 Å². The number of carboxylic acid groups (broad SMARTS) is 1. The number of hydrogen-bond acceptors (Lipinski definition) is 4. The van der Waals surface area contributed by atoms with Gasteiger partial charge >= 0.3 is 5.97 Å². The quantitative estimate of drug-likeness (QED) is 0.903. The number of benzene rings is 1. The summed E-state index contributed by atoms with van der Waals surface area (Å²) < 4.78 is 10.8. The second kappa shape index (κ2) is 5.38. The van der Waals surface area contributed by atoms with Crippen molar-refractivity contribution in [2.75, 3.05) is 32.7 Å². The van der Waals surface area contributed by atoms with E-state index >= 15 is 0 Å². The van der Waals surface area contributed by atoms with Gasteiger partial charge in [0.15, 0.2) is 0 Å². The van der Waals surface area contributed by atoms with Gasteiger partial charge in [-0.15, -0.1) is 0 Å². The first-order chi connectivity index (χ1) is 9.08. The van der Waals surface area contributed by atoms with E-state index in [9.17, 15) is 4.79 Å². The van der Waals surface area contributed by atoms with Crippen LogP contribution in [0.3, 0.4) is 0 Å². The molecule has 1 aliphatic heterocycles. The molecule has 0 radical (unpaired) electrons. The van der Waals surface area contributed by atoms with Crippen LogP contribution in [0.2, 0.25) is 0 Å². The fourth-order valence-electron chi connectivity index (χ4n) is 2.72. The minimum atomic E-state index is -0.787. The molecule has 0 aromatic heterocycles. The minimum Gasteiger partial charge on any atom is -0.496 e. The zero-order chi connectivity index (χ0) is 14.0. The van der Waals surface area contributed by atoms with Gasteiger partial charge < -0.3 is 19.5 Å². The molecule has 1 unspecified atom stereocenters. The average Bonchev–Trinajstić information content (AvgIpc) is 2.40. The number of fused-ring (bicyclic) bond motifs is 1. The van der Waals surface area contributed by atoms with Gasteiger partial charge in [0.05, 0.1) is 26.3 Å². The van der Waals surface area contributed by atoms with Crippen LogP contribution in [-0.4, -0.2) is 38.9 Å². The summed E-state index contributed by atoms with van der Waals surface area (Å²) in [6.45, 7) is 0.814. The molecular formula is C14H19NO4. The Kier molecular flexibility index (Phi) is 3.83. The highest BCUT2D eigenvalue weighted by Crippen LogP contribution is 2.47. The van der Waals surface area contributed by atoms with Crippen molar-refractivity contribution in [1.29, 1.82) is 0 Å². The molecule has 1 N–H and O–H groups in total. The molecule has 0 amide bonds. The van der Waals surface area contributed by atoms with Crippen LogP contribution in [0.4, 0.5) is 5.69 Å². The maximum atomic E-state index is 11.0. The van der Waals surface area contributed by atoms with Crippen LogP contribution in [-0.2, 0) is 4.79 Å². The molecule has 104 valence electrons. The molecule has 2 rings (SSSR count). The minimum absolute atomic E-state index is 0.0336. The number of methoxy groups -OCH3 is 2. The predicted octanol–water partition coefficient (Wildman–Crippen LogP) is 2.10. The Hall–Kier alpha value is -1.91. The Labute approximate surface area is 112 Å². The Morgan fingerprint density at radius 3 is 2.58 bits per heavy atom. The van der Waals surface area contributed by atoms with Crippen molar-refractivity contribution in [2.45, 2.75) is 18.8 Å². The molecule has 0 saturated carbocycles. The Balaban J connectivity index is 2.56. The molecule has 1 aliphatic rings. The van der Waals surface area contributed by atoms with Crippen molar-refractivity contribution in [3.63, 3.8) is 0 Å². The summed E-state index contributed by atoms with van der Waals surface area (Å²) in [6.07, 6.45) is 0.920. The van der Waals surface area contributed by atoms with Gasteiger partial charge in [-0.05, 0) is 18.6 Å². The van der Waals surface area contributed by atoms with E-state index in [0.717, 1.165) is 35.7 Å². The molecule has 0 bridgehead atoms. The number of ether oxygens (including phenoxy) is 2. The molecule has 1 aromatic carbocycles. The summed E-state index contributed by atoms with van der Waals surface area (Å²) in [4.78, 5) is 13.1. The lowest BCUT2D eigenvalue weighted by atomic mass is 9.86. The molecule has 19 heavy (non-hydrogen) atoms. The molecule has 0 saturated heterocycles. The van der Waals surface area contributed by atoms with Gasteiger partial charge in [-0.3, -0.25) is 4.79 Å². The first kappa shape index (κ1) is 13.5. The van der Waals surface area contributed by atoms with Crippen LogP contribution in [0, 0.1) is 0 Å². The van der Waals surface area contributed by atoms with E-state index < -0.39 is 5.97 Å². The fraction of sp³-hybridized carbons (Fsp3) is 0.500. The summed E-state index contributed by atoms with van der Waals surface area (Å²) in [5, 5.41) is 9.06. The maximum Gasteiger partial charge on any atom is 0.303 e. The lowest BCUT2D eigenvalue weighted by Gasteiger charge is -2.34. The van der Waals surface area contributed by atoms with Crippen LogP contribution < -0.4 is 14.4 Å². The lowest BCUT2D eigenvalue weighted by Crippen LogP contribution is -2.29. The van der Waals surface area contributed by atoms with Crippen LogP contribution >= 0.6 is 0 Å². The fourth-order valence-corrected chi connectivity index (χ4v) is 2.72. The number of carboxylic acids is 1. The second-order valence-electron chi connectivity index (χ2n) is 4.74. The van der Waals surface area contributed by atoms with Crippen LogP contribution in [0.25, 0.3) is 0 Å². The normalized spacial score (nSPS) is 17.8. The molecule has 0 spiro atoms. The van der Waals surface area contributed by atoms with Gasteiger partial charge in [0.2, 0.25) is 0 Å². The molecule has 5 nitrogen and oxygen atoms in total. The number of hydrogen-bond donors (Lipinski definition) is 1. The molecular weight excluding hydrogens is 246 g/mol. The van der Waals surface area contributed by atoms with E-state index in [4.69, 9.17) is 14.6 Å². The second-order valence-corrected chi connectivity index (χ2v) is 4.74. The molecule has 1 aromatic rings. The predicted molar refractivity (Wildman–Crippen MR) is 72.4 cm³/mol. The maximum absolute atomic E-state index is 11.0. The van der Waals surface area contributed by atoms with E-state index in [1.807, 2.05) is 19.2 Å². The van der Waals surface area contributed by atoms with Crippen molar-refractivity contribution in [2.24, 2.45) is 0 Å². The van der Waals surface area contributed by atoms with Gasteiger partial charge in [0.25, 0.3) is 0 Å². The monoisotopic (exact) mass is 265 g/mol. The first-order valence-corrected chi connectivity index (χ1v) is 6.26. The summed E-state index contributed by atoms with van der Waals surface area (Å²) >= 11 is 0. The Morgan fingerprint density at radius 2 is 2.00 bits per heavy atom. The largest absolute Gasteiger partial charge is 0.496 e. The molecule has 0 aliphatic carbocycles. The summed E-state index contributed by atoms with van der Waals surface area (Å²) in [6, 6.07) is 3.70. The Morgan fingerprint density at radius 1 is 1.37 bits per heavy atom. The molecule has 1 heterocycles. The standard InChI is InChI=1S/C14H19NO4/c1-15-7-6-9(8-12(16)17)13-10(18-2)4-5-11(19-3)14(13)15/h4-5,9H,6-8H2,1-3H3,(H,16,17). The molecule has 5 heteroatoms. The number of anilines is 1. The summed E-state index contributed by atoms with van der Waals surface area (Å²) in [7, 11) is 5.21. The third kappa shape index (κ3) is 2.45. The van der Waals surface area contributed by atoms with Gasteiger partial charge in [-0.1, -0.05) is 0 Å². The van der Waals surface area contributed by atoms with Crippen molar-refractivity contribution in [1.82, 2.24) is 0 Å². The van der Waals surface area contributed by atoms with Crippen molar-refractivity contribution < 1.29 is 19.4 Å². The van der Waals surface area contributed by atoms with Crippen molar-refractivity contribution >= 4 is 11.7 Å². The highest BCUT2D eigenvalue weighted by molar-refractivity contribution is 5.74. The third-order valence-corrected chi connectivity index (χ3v) is 3.60. The topological polar surface area (TPSA) is 59.0 Å². The van der Waals surface area contributed by atoms with Crippen LogP contribution in [0.1, 0.15) is 24.3 Å². The number of nitrogens with zero attached hydrogens (tertiary/aromatic N) is 1. The zero-order valence-corrected chi connectivity index (χ0v) is 11.5. The number of carbonyl (C=O) groups is 1. The van der Waals surface area contributed by atoms with Gasteiger partial charge in [-0.25, -0.2) is 0 Å². The SMILES string of the molecule is COc1ccc(OC)c2c1C(CC(=O)O)CCN2C. The third-order valence-electron chi connectivity index (χ3n) is 3.60. The Bertz CT molecular complexity index is 487. The summed E-state index contributed by atoms with van der Waals surface area (Å²) in [5.74, 6) is 0.668. The molecule has 0 fully saturated rings. The zero-order valence-electron chi connectivity index (χ0n) is 11.5. The highest BCUT2D eigenvalue weighted by Gasteiger charge is 2.30. The summed E-state index contributed by atoms with van der Waals surface area (Å²) in [5.41, 5.74) is 1.89. The van der Waals surface area contributed by atoms with Gasteiger partial charge in [0.1, 0.15) is 11.5 Å². The number of aliphatic carboxylic acids is 1. The smallest absolute Gasteiger partial charge is 0.303 e. The van der Waals surface area contributed by atoms with Crippen molar-refractivity contribution in [3.8, 4) is 11.5 Å².